The molecule has 0 bridgehead atoms. The summed E-state index contributed by atoms with van der Waals surface area (Å²) in [7, 11) is 0. The van der Waals surface area contributed by atoms with E-state index in [9.17, 15) is 9.90 Å². The smallest absolute Gasteiger partial charge is 0.150 e. The van der Waals surface area contributed by atoms with Gasteiger partial charge >= 0.3 is 0 Å². The van der Waals surface area contributed by atoms with Crippen LogP contribution in [-0.4, -0.2) is 41.0 Å². The van der Waals surface area contributed by atoms with Crippen molar-refractivity contribution in [2.45, 2.75) is 90.1 Å². The van der Waals surface area contributed by atoms with Gasteiger partial charge in [0.15, 0.2) is 0 Å². The van der Waals surface area contributed by atoms with E-state index in [4.69, 9.17) is 0 Å². The van der Waals surface area contributed by atoms with E-state index in [0.29, 0.717) is 24.2 Å². The van der Waals surface area contributed by atoms with Crippen LogP contribution in [0.1, 0.15) is 84.5 Å². The lowest BCUT2D eigenvalue weighted by Crippen LogP contribution is -2.49. The molecule has 5 rings (SSSR count). The number of rotatable bonds is 3. The molecule has 4 fully saturated rings. The molecule has 4 aliphatic carbocycles. The van der Waals surface area contributed by atoms with E-state index in [-0.39, 0.29) is 5.41 Å². The summed E-state index contributed by atoms with van der Waals surface area (Å²) in [5.74, 6) is 3.88. The zero-order valence-corrected chi connectivity index (χ0v) is 18.7. The second-order valence-corrected chi connectivity index (χ2v) is 11.7. The summed E-state index contributed by atoms with van der Waals surface area (Å²) in [6.45, 7) is 7.46. The molecule has 7 unspecified atom stereocenters. The Balaban J connectivity index is 1.30. The molecular weight excluding hydrogens is 358 g/mol. The molecule has 1 aliphatic heterocycles. The number of carbonyl (C=O) groups is 1. The lowest BCUT2D eigenvalue weighted by molar-refractivity contribution is -0.130. The van der Waals surface area contributed by atoms with Crippen LogP contribution >= 0.6 is 0 Å². The highest BCUT2D eigenvalue weighted by Gasteiger charge is 2.57. The first kappa shape index (κ1) is 20.2. The molecule has 3 heteroatoms. The highest BCUT2D eigenvalue weighted by atomic mass is 16.3. The Morgan fingerprint density at radius 2 is 1.86 bits per heavy atom. The van der Waals surface area contributed by atoms with Crippen molar-refractivity contribution in [3.63, 3.8) is 0 Å². The van der Waals surface area contributed by atoms with Gasteiger partial charge in [-0.2, -0.15) is 0 Å². The molecule has 162 valence electrons. The predicted molar refractivity (Wildman–Crippen MR) is 116 cm³/mol. The van der Waals surface area contributed by atoms with Crippen LogP contribution in [0.25, 0.3) is 0 Å². The van der Waals surface area contributed by atoms with Crippen LogP contribution in [0.4, 0.5) is 0 Å². The van der Waals surface area contributed by atoms with Gasteiger partial charge < -0.3 is 5.11 Å². The van der Waals surface area contributed by atoms with Crippen molar-refractivity contribution >= 4 is 5.78 Å². The Morgan fingerprint density at radius 1 is 1.07 bits per heavy atom. The van der Waals surface area contributed by atoms with Gasteiger partial charge in [0.25, 0.3) is 0 Å². The lowest BCUT2D eigenvalue weighted by Gasteiger charge is -2.54. The number of likely N-dealkylation sites (tertiary alicyclic amines) is 1. The van der Waals surface area contributed by atoms with Gasteiger partial charge in [0, 0.05) is 5.92 Å². The number of nitrogens with zero attached hydrogens (tertiary/aromatic N) is 1. The van der Waals surface area contributed by atoms with Gasteiger partial charge in [0.05, 0.1) is 12.1 Å². The van der Waals surface area contributed by atoms with Gasteiger partial charge in [-0.25, -0.2) is 0 Å². The summed E-state index contributed by atoms with van der Waals surface area (Å²) < 4.78 is 0. The van der Waals surface area contributed by atoms with Crippen LogP contribution in [0.3, 0.4) is 0 Å². The normalized spacial score (nSPS) is 47.7. The first-order valence-corrected chi connectivity index (χ1v) is 12.5. The number of hydrogen-bond acceptors (Lipinski definition) is 3. The van der Waals surface area contributed by atoms with Crippen molar-refractivity contribution in [2.75, 3.05) is 19.6 Å². The van der Waals surface area contributed by atoms with E-state index < -0.39 is 5.60 Å². The van der Waals surface area contributed by atoms with E-state index in [2.05, 4.69) is 17.9 Å². The predicted octanol–water partition coefficient (Wildman–Crippen LogP) is 4.98. The van der Waals surface area contributed by atoms with Gasteiger partial charge in [-0.15, -0.1) is 0 Å². The molecule has 5 aliphatic rings. The molecule has 0 aromatic heterocycles. The van der Waals surface area contributed by atoms with Crippen molar-refractivity contribution < 1.29 is 9.90 Å². The number of piperidine rings is 1. The lowest BCUT2D eigenvalue weighted by atomic mass is 9.51. The van der Waals surface area contributed by atoms with E-state index in [1.807, 2.05) is 6.92 Å². The maximum atomic E-state index is 13.4. The van der Waals surface area contributed by atoms with Crippen LogP contribution in [-0.2, 0) is 4.79 Å². The van der Waals surface area contributed by atoms with Crippen molar-refractivity contribution in [1.82, 2.24) is 4.90 Å². The first-order valence-electron chi connectivity index (χ1n) is 12.5. The van der Waals surface area contributed by atoms with Gasteiger partial charge in [-0.1, -0.05) is 25.0 Å². The number of aliphatic hydroxyl groups is 1. The molecule has 1 heterocycles. The number of allylic oxidation sites excluding steroid dienone is 1. The minimum absolute atomic E-state index is 0.236. The fourth-order valence-corrected chi connectivity index (χ4v) is 8.44. The fraction of sp³-hybridized carbons (Fsp3) is 0.885. The minimum Gasteiger partial charge on any atom is -0.390 e. The average Bonchev–Trinajstić information content (AvgIpc) is 3.05. The second kappa shape index (κ2) is 7.48. The molecule has 0 radical (unpaired) electrons. The average molecular weight is 400 g/mol. The Kier molecular flexibility index (Phi) is 5.22. The maximum Gasteiger partial charge on any atom is 0.150 e. The second-order valence-electron chi connectivity index (χ2n) is 11.7. The SMILES string of the molecule is CC1(O)CCC2C(=CCC3C2CCC2(C)C(C(=O)CN4CCCCC4)CCC32)C1. The van der Waals surface area contributed by atoms with Gasteiger partial charge in [-0.3, -0.25) is 9.69 Å². The van der Waals surface area contributed by atoms with Crippen molar-refractivity contribution in [3.05, 3.63) is 11.6 Å². The molecule has 0 aromatic carbocycles. The summed E-state index contributed by atoms with van der Waals surface area (Å²) in [6, 6.07) is 0. The zero-order chi connectivity index (χ0) is 20.2. The molecule has 0 spiro atoms. The molecule has 3 saturated carbocycles. The summed E-state index contributed by atoms with van der Waals surface area (Å²) >= 11 is 0. The van der Waals surface area contributed by atoms with Gasteiger partial charge in [0.1, 0.15) is 5.78 Å². The van der Waals surface area contributed by atoms with Crippen LogP contribution in [0.2, 0.25) is 0 Å². The van der Waals surface area contributed by atoms with Gasteiger partial charge in [-0.05, 0) is 113 Å². The molecule has 0 amide bonds. The molecular formula is C26H41NO2. The summed E-state index contributed by atoms with van der Waals surface area (Å²) in [4.78, 5) is 15.8. The van der Waals surface area contributed by atoms with Gasteiger partial charge in [0.2, 0.25) is 0 Å². The number of hydrogen-bond donors (Lipinski definition) is 1. The molecule has 0 aromatic rings. The van der Waals surface area contributed by atoms with Crippen molar-refractivity contribution in [1.29, 1.82) is 0 Å². The standard InChI is InChI=1S/C26H41NO2/c1-25(29)12-10-19-18(16-25)6-7-21-20(19)11-13-26(2)22(21)8-9-23(26)24(28)17-27-14-4-3-5-15-27/h6,19-23,29H,3-5,7-17H2,1-2H3. The van der Waals surface area contributed by atoms with Crippen LogP contribution < -0.4 is 0 Å². The molecule has 1 N–H and O–H groups in total. The van der Waals surface area contributed by atoms with E-state index >= 15 is 0 Å². The van der Waals surface area contributed by atoms with Crippen molar-refractivity contribution in [3.8, 4) is 0 Å². The Bertz CT molecular complexity index is 676. The summed E-state index contributed by atoms with van der Waals surface area (Å²) in [6.07, 6.45) is 15.5. The van der Waals surface area contributed by atoms with Crippen LogP contribution in [0.5, 0.6) is 0 Å². The molecule has 3 nitrogen and oxygen atoms in total. The quantitative estimate of drug-likeness (QED) is 0.680. The third-order valence-electron chi connectivity index (χ3n) is 9.93. The van der Waals surface area contributed by atoms with E-state index in [0.717, 1.165) is 50.1 Å². The maximum absolute atomic E-state index is 13.4. The van der Waals surface area contributed by atoms with Crippen molar-refractivity contribution in [2.24, 2.45) is 35.0 Å². The third-order valence-corrected chi connectivity index (χ3v) is 9.93. The molecule has 1 saturated heterocycles. The fourth-order valence-electron chi connectivity index (χ4n) is 8.44. The minimum atomic E-state index is -0.488. The molecule has 29 heavy (non-hydrogen) atoms. The van der Waals surface area contributed by atoms with Crippen LogP contribution in [0, 0.1) is 35.0 Å². The monoisotopic (exact) mass is 399 g/mol. The first-order chi connectivity index (χ1) is 13.9. The zero-order valence-electron chi connectivity index (χ0n) is 18.7. The number of fused-ring (bicyclic) bond motifs is 5. The van der Waals surface area contributed by atoms with E-state index in [1.54, 1.807) is 5.57 Å². The largest absolute Gasteiger partial charge is 0.390 e. The summed E-state index contributed by atoms with van der Waals surface area (Å²) in [5, 5.41) is 10.5. The number of ketones is 1. The molecule has 7 atom stereocenters. The third kappa shape index (κ3) is 3.55. The number of Topliss-reactive ketones (excluding diaryl/α,β-unsaturated/α-hetero) is 1. The topological polar surface area (TPSA) is 40.5 Å². The van der Waals surface area contributed by atoms with E-state index in [1.165, 1.54) is 51.4 Å². The Labute approximate surface area is 177 Å². The summed E-state index contributed by atoms with van der Waals surface area (Å²) in [5.41, 5.74) is 1.30. The number of carbonyl (C=O) groups excluding carboxylic acids is 1. The highest BCUT2D eigenvalue weighted by molar-refractivity contribution is 5.84. The highest BCUT2D eigenvalue weighted by Crippen LogP contribution is 2.63. The Hall–Kier alpha value is -0.670. The Morgan fingerprint density at radius 3 is 2.66 bits per heavy atom. The van der Waals surface area contributed by atoms with Crippen LogP contribution in [0.15, 0.2) is 11.6 Å².